The van der Waals surface area contributed by atoms with Crippen LogP contribution in [0.1, 0.15) is 17.0 Å². The fourth-order valence-electron chi connectivity index (χ4n) is 2.66. The fraction of sp³-hybridized carbons (Fsp3) is 0.250. The highest BCUT2D eigenvalue weighted by atomic mass is 32.2. The van der Waals surface area contributed by atoms with Gasteiger partial charge in [0.25, 0.3) is 10.0 Å². The van der Waals surface area contributed by atoms with Crippen LogP contribution in [0.4, 0.5) is 5.69 Å². The maximum atomic E-state index is 12.8. The fourth-order valence-corrected chi connectivity index (χ4v) is 3.86. The van der Waals surface area contributed by atoms with Crippen LogP contribution in [0.25, 0.3) is 0 Å². The molecule has 0 atom stereocenters. The molecular formula is C20H22N2O5S. The lowest BCUT2D eigenvalue weighted by atomic mass is 10.2. The quantitative estimate of drug-likeness (QED) is 0.599. The number of aromatic nitrogens is 1. The predicted octanol–water partition coefficient (Wildman–Crippen LogP) is 3.70. The Morgan fingerprint density at radius 1 is 1.00 bits per heavy atom. The van der Waals surface area contributed by atoms with Crippen molar-refractivity contribution in [3.63, 3.8) is 0 Å². The number of methoxy groups -OCH3 is 1. The molecule has 2 aromatic carbocycles. The average Bonchev–Trinajstić information content (AvgIpc) is 3.03. The molecule has 3 rings (SSSR count). The minimum atomic E-state index is -3.67. The Bertz CT molecular complexity index is 1020. The summed E-state index contributed by atoms with van der Waals surface area (Å²) in [5, 5.41) is 3.90. The van der Waals surface area contributed by atoms with Crippen LogP contribution in [0, 0.1) is 13.8 Å². The number of hydrogen-bond donors (Lipinski definition) is 0. The van der Waals surface area contributed by atoms with Gasteiger partial charge in [-0.05, 0) is 62.4 Å². The van der Waals surface area contributed by atoms with E-state index in [-0.39, 0.29) is 4.90 Å². The summed E-state index contributed by atoms with van der Waals surface area (Å²) in [6, 6.07) is 13.1. The molecule has 1 heterocycles. The molecule has 0 radical (unpaired) electrons. The normalized spacial score (nSPS) is 11.3. The van der Waals surface area contributed by atoms with Gasteiger partial charge in [0.05, 0.1) is 29.0 Å². The maximum Gasteiger partial charge on any atom is 0.264 e. The zero-order valence-electron chi connectivity index (χ0n) is 16.2. The summed E-state index contributed by atoms with van der Waals surface area (Å²) in [7, 11) is -0.627. The summed E-state index contributed by atoms with van der Waals surface area (Å²) >= 11 is 0. The van der Waals surface area contributed by atoms with Crippen LogP contribution in [0.15, 0.2) is 57.9 Å². The van der Waals surface area contributed by atoms with Crippen LogP contribution >= 0.6 is 0 Å². The Balaban J connectivity index is 1.72. The highest BCUT2D eigenvalue weighted by Gasteiger charge is 2.21. The first-order valence-corrected chi connectivity index (χ1v) is 10.0. The lowest BCUT2D eigenvalue weighted by Gasteiger charge is -2.20. The molecule has 28 heavy (non-hydrogen) atoms. The van der Waals surface area contributed by atoms with Gasteiger partial charge in [-0.2, -0.15) is 0 Å². The van der Waals surface area contributed by atoms with Gasteiger partial charge in [-0.25, -0.2) is 8.42 Å². The topological polar surface area (TPSA) is 81.9 Å². The number of anilines is 1. The van der Waals surface area contributed by atoms with E-state index < -0.39 is 10.0 Å². The molecule has 0 unspecified atom stereocenters. The zero-order valence-corrected chi connectivity index (χ0v) is 17.0. The second-order valence-corrected chi connectivity index (χ2v) is 8.20. The lowest BCUT2D eigenvalue weighted by Crippen LogP contribution is -2.26. The van der Waals surface area contributed by atoms with Gasteiger partial charge >= 0.3 is 0 Å². The van der Waals surface area contributed by atoms with Crippen molar-refractivity contribution in [2.24, 2.45) is 0 Å². The van der Waals surface area contributed by atoms with Crippen molar-refractivity contribution in [3.8, 4) is 11.5 Å². The molecular weight excluding hydrogens is 380 g/mol. The molecule has 3 aromatic rings. The summed E-state index contributed by atoms with van der Waals surface area (Å²) in [5.74, 6) is 1.94. The molecule has 0 bridgehead atoms. The van der Waals surface area contributed by atoms with Crippen molar-refractivity contribution < 1.29 is 22.4 Å². The third-order valence-electron chi connectivity index (χ3n) is 4.48. The summed E-state index contributed by atoms with van der Waals surface area (Å²) in [6.07, 6.45) is 0. The van der Waals surface area contributed by atoms with E-state index in [0.717, 1.165) is 17.0 Å². The number of ether oxygens (including phenoxy) is 2. The van der Waals surface area contributed by atoms with Gasteiger partial charge in [0, 0.05) is 7.05 Å². The highest BCUT2D eigenvalue weighted by molar-refractivity contribution is 7.92. The standard InChI is InChI=1S/C20H22N2O5S/c1-14-20(15(2)27-21-14)13-26-18-7-5-16(6-8-18)22(3)28(23,24)19-11-9-17(25-4)10-12-19/h5-12H,13H2,1-4H3. The lowest BCUT2D eigenvalue weighted by molar-refractivity contribution is 0.302. The van der Waals surface area contributed by atoms with Crippen LogP contribution in [0.5, 0.6) is 11.5 Å². The average molecular weight is 402 g/mol. The summed E-state index contributed by atoms with van der Waals surface area (Å²) in [5.41, 5.74) is 2.23. The first kappa shape index (κ1) is 19.8. The van der Waals surface area contributed by atoms with Crippen molar-refractivity contribution >= 4 is 15.7 Å². The Morgan fingerprint density at radius 3 is 2.14 bits per heavy atom. The first-order valence-electron chi connectivity index (χ1n) is 8.60. The molecule has 0 saturated carbocycles. The van der Waals surface area contributed by atoms with Gasteiger partial charge in [-0.3, -0.25) is 4.31 Å². The van der Waals surface area contributed by atoms with E-state index >= 15 is 0 Å². The van der Waals surface area contributed by atoms with Crippen LogP contribution in [0.2, 0.25) is 0 Å². The van der Waals surface area contributed by atoms with E-state index in [2.05, 4.69) is 5.16 Å². The van der Waals surface area contributed by atoms with Crippen LogP contribution in [-0.4, -0.2) is 27.7 Å². The van der Waals surface area contributed by atoms with E-state index in [1.54, 1.807) is 36.4 Å². The van der Waals surface area contributed by atoms with Crippen LogP contribution < -0.4 is 13.8 Å². The third kappa shape index (κ3) is 3.96. The summed E-state index contributed by atoms with van der Waals surface area (Å²) < 4.78 is 42.8. The molecule has 0 aliphatic heterocycles. The molecule has 0 aliphatic carbocycles. The summed E-state index contributed by atoms with van der Waals surface area (Å²) in [4.78, 5) is 0.189. The van der Waals surface area contributed by atoms with Crippen molar-refractivity contribution in [1.29, 1.82) is 0 Å². The molecule has 0 amide bonds. The molecule has 0 spiro atoms. The van der Waals surface area contributed by atoms with Crippen molar-refractivity contribution in [1.82, 2.24) is 5.16 Å². The minimum absolute atomic E-state index is 0.189. The third-order valence-corrected chi connectivity index (χ3v) is 6.28. The minimum Gasteiger partial charge on any atom is -0.497 e. The number of hydrogen-bond acceptors (Lipinski definition) is 6. The van der Waals surface area contributed by atoms with E-state index in [0.29, 0.717) is 23.8 Å². The molecule has 7 nitrogen and oxygen atoms in total. The molecule has 8 heteroatoms. The highest BCUT2D eigenvalue weighted by Crippen LogP contribution is 2.26. The molecule has 0 saturated heterocycles. The molecule has 1 aromatic heterocycles. The SMILES string of the molecule is COc1ccc(S(=O)(=O)N(C)c2ccc(OCc3c(C)noc3C)cc2)cc1. The van der Waals surface area contributed by atoms with Crippen molar-refractivity contribution in [2.45, 2.75) is 25.3 Å². The van der Waals surface area contributed by atoms with E-state index in [1.807, 2.05) is 13.8 Å². The van der Waals surface area contributed by atoms with Crippen molar-refractivity contribution in [3.05, 3.63) is 65.5 Å². The molecule has 0 fully saturated rings. The number of nitrogens with zero attached hydrogens (tertiary/aromatic N) is 2. The first-order chi connectivity index (χ1) is 13.3. The molecule has 0 aliphatic rings. The number of benzene rings is 2. The van der Waals surface area contributed by atoms with Crippen molar-refractivity contribution in [2.75, 3.05) is 18.5 Å². The van der Waals surface area contributed by atoms with E-state index in [1.165, 1.54) is 30.6 Å². The Hall–Kier alpha value is -3.00. The zero-order chi connectivity index (χ0) is 20.3. The van der Waals surface area contributed by atoms with Gasteiger partial charge in [0.15, 0.2) is 0 Å². The Kier molecular flexibility index (Phi) is 5.60. The molecule has 148 valence electrons. The van der Waals surface area contributed by atoms with Crippen LogP contribution in [0.3, 0.4) is 0 Å². The number of aryl methyl sites for hydroxylation is 2. The van der Waals surface area contributed by atoms with Gasteiger partial charge in [0.1, 0.15) is 23.9 Å². The van der Waals surface area contributed by atoms with E-state index in [9.17, 15) is 8.42 Å². The number of sulfonamides is 1. The monoisotopic (exact) mass is 402 g/mol. The second-order valence-electron chi connectivity index (χ2n) is 6.23. The smallest absolute Gasteiger partial charge is 0.264 e. The Labute approximate surface area is 164 Å². The van der Waals surface area contributed by atoms with Gasteiger partial charge < -0.3 is 14.0 Å². The van der Waals surface area contributed by atoms with E-state index in [4.69, 9.17) is 14.0 Å². The van der Waals surface area contributed by atoms with Crippen LogP contribution in [-0.2, 0) is 16.6 Å². The second kappa shape index (κ2) is 7.93. The van der Waals surface area contributed by atoms with Gasteiger partial charge in [-0.15, -0.1) is 0 Å². The Morgan fingerprint density at radius 2 is 1.61 bits per heavy atom. The summed E-state index contributed by atoms with van der Waals surface area (Å²) in [6.45, 7) is 4.03. The predicted molar refractivity (Wildman–Crippen MR) is 105 cm³/mol. The number of rotatable bonds is 7. The maximum absolute atomic E-state index is 12.8. The van der Waals surface area contributed by atoms with Gasteiger partial charge in [-0.1, -0.05) is 5.16 Å². The van der Waals surface area contributed by atoms with Gasteiger partial charge in [0.2, 0.25) is 0 Å². The molecule has 0 N–H and O–H groups in total. The largest absolute Gasteiger partial charge is 0.497 e.